The van der Waals surface area contributed by atoms with Crippen LogP contribution in [-0.4, -0.2) is 19.6 Å². The molecule has 19 heavy (non-hydrogen) atoms. The average molecular weight is 283 g/mol. The van der Waals surface area contributed by atoms with Gasteiger partial charge in [-0.3, -0.25) is 0 Å². The van der Waals surface area contributed by atoms with E-state index in [1.165, 1.54) is 6.42 Å². The van der Waals surface area contributed by atoms with Gasteiger partial charge in [-0.05, 0) is 30.4 Å². The first-order chi connectivity index (χ1) is 9.04. The van der Waals surface area contributed by atoms with E-state index in [2.05, 4.69) is 11.6 Å². The van der Waals surface area contributed by atoms with Crippen LogP contribution in [0.5, 0.6) is 0 Å². The zero-order valence-corrected chi connectivity index (χ0v) is 12.0. The Morgan fingerprint density at radius 1 is 1.26 bits per heavy atom. The molecule has 0 aliphatic heterocycles. The lowest BCUT2D eigenvalue weighted by molar-refractivity contribution is 0.278. The van der Waals surface area contributed by atoms with Gasteiger partial charge in [0, 0.05) is 6.04 Å². The summed E-state index contributed by atoms with van der Waals surface area (Å²) in [5.41, 5.74) is 0.443. The molecule has 2 atom stereocenters. The number of rotatable bonds is 4. The number of benzene rings is 1. The van der Waals surface area contributed by atoms with E-state index < -0.39 is 10.0 Å². The minimum absolute atomic E-state index is 0.00509. The summed E-state index contributed by atoms with van der Waals surface area (Å²) in [6.45, 7) is 1.82. The lowest BCUT2D eigenvalue weighted by atomic mass is 9.87. The Labute approximate surface area is 114 Å². The second-order valence-electron chi connectivity index (χ2n) is 5.26. The first-order valence-electron chi connectivity index (χ1n) is 6.75. The van der Waals surface area contributed by atoms with Crippen LogP contribution in [0.1, 0.15) is 38.2 Å². The van der Waals surface area contributed by atoms with Crippen LogP contribution in [-0.2, 0) is 16.6 Å². The first-order valence-corrected chi connectivity index (χ1v) is 8.24. The second-order valence-corrected chi connectivity index (χ2v) is 6.94. The molecule has 4 nitrogen and oxygen atoms in total. The van der Waals surface area contributed by atoms with Crippen molar-refractivity contribution in [2.75, 3.05) is 0 Å². The molecule has 1 aromatic rings. The van der Waals surface area contributed by atoms with Gasteiger partial charge in [-0.25, -0.2) is 13.1 Å². The lowest BCUT2D eigenvalue weighted by Crippen LogP contribution is -2.41. The SMILES string of the molecule is CC1CCCCC1NS(=O)(=O)c1ccccc1CO. The summed E-state index contributed by atoms with van der Waals surface area (Å²) < 4.78 is 27.6. The van der Waals surface area contributed by atoms with E-state index in [4.69, 9.17) is 0 Å². The van der Waals surface area contributed by atoms with Crippen LogP contribution in [0.4, 0.5) is 0 Å². The maximum Gasteiger partial charge on any atom is 0.241 e. The minimum atomic E-state index is -3.55. The summed E-state index contributed by atoms with van der Waals surface area (Å²) in [7, 11) is -3.55. The van der Waals surface area contributed by atoms with Crippen LogP contribution in [0.15, 0.2) is 29.2 Å². The maximum absolute atomic E-state index is 12.4. The Hall–Kier alpha value is -0.910. The van der Waals surface area contributed by atoms with E-state index in [1.54, 1.807) is 24.3 Å². The summed E-state index contributed by atoms with van der Waals surface area (Å²) in [6.07, 6.45) is 4.20. The quantitative estimate of drug-likeness (QED) is 0.888. The minimum Gasteiger partial charge on any atom is -0.392 e. The molecule has 0 radical (unpaired) electrons. The Kier molecular flexibility index (Phi) is 4.60. The predicted octanol–water partition coefficient (Wildman–Crippen LogP) is 2.04. The predicted molar refractivity (Wildman–Crippen MR) is 74.1 cm³/mol. The zero-order chi connectivity index (χ0) is 13.9. The highest BCUT2D eigenvalue weighted by Gasteiger charge is 2.27. The summed E-state index contributed by atoms with van der Waals surface area (Å²) in [4.78, 5) is 0.190. The van der Waals surface area contributed by atoms with Crippen molar-refractivity contribution in [2.24, 2.45) is 5.92 Å². The van der Waals surface area contributed by atoms with E-state index in [9.17, 15) is 13.5 Å². The van der Waals surface area contributed by atoms with Crippen molar-refractivity contribution in [2.45, 2.75) is 50.2 Å². The van der Waals surface area contributed by atoms with Crippen LogP contribution in [0.3, 0.4) is 0 Å². The maximum atomic E-state index is 12.4. The number of hydrogen-bond donors (Lipinski definition) is 2. The molecule has 2 unspecified atom stereocenters. The summed E-state index contributed by atoms with van der Waals surface area (Å²) in [5.74, 6) is 0.366. The highest BCUT2D eigenvalue weighted by molar-refractivity contribution is 7.89. The lowest BCUT2D eigenvalue weighted by Gasteiger charge is -2.29. The van der Waals surface area contributed by atoms with E-state index in [1.807, 2.05) is 0 Å². The van der Waals surface area contributed by atoms with Crippen molar-refractivity contribution < 1.29 is 13.5 Å². The Bertz CT molecular complexity index is 527. The van der Waals surface area contributed by atoms with Crippen molar-refractivity contribution in [3.05, 3.63) is 29.8 Å². The molecule has 1 aliphatic rings. The fourth-order valence-corrected chi connectivity index (χ4v) is 4.26. The van der Waals surface area contributed by atoms with Crippen LogP contribution < -0.4 is 4.72 Å². The molecule has 0 heterocycles. The summed E-state index contributed by atoms with van der Waals surface area (Å²) >= 11 is 0. The fourth-order valence-electron chi connectivity index (χ4n) is 2.65. The van der Waals surface area contributed by atoms with Crippen molar-refractivity contribution in [1.82, 2.24) is 4.72 Å². The molecule has 1 aliphatic carbocycles. The van der Waals surface area contributed by atoms with Gasteiger partial charge in [0.2, 0.25) is 10.0 Å². The van der Waals surface area contributed by atoms with Gasteiger partial charge in [-0.2, -0.15) is 0 Å². The zero-order valence-electron chi connectivity index (χ0n) is 11.2. The average Bonchev–Trinajstić information content (AvgIpc) is 2.41. The van der Waals surface area contributed by atoms with E-state index in [0.717, 1.165) is 19.3 Å². The molecular weight excluding hydrogens is 262 g/mol. The first kappa shape index (κ1) is 14.5. The smallest absolute Gasteiger partial charge is 0.241 e. The largest absolute Gasteiger partial charge is 0.392 e. The number of aliphatic hydroxyl groups excluding tert-OH is 1. The van der Waals surface area contributed by atoms with E-state index in [0.29, 0.717) is 11.5 Å². The van der Waals surface area contributed by atoms with Crippen LogP contribution in [0.2, 0.25) is 0 Å². The summed E-state index contributed by atoms with van der Waals surface area (Å²) in [5, 5.41) is 9.25. The number of aliphatic hydroxyl groups is 1. The molecule has 1 saturated carbocycles. The highest BCUT2D eigenvalue weighted by Crippen LogP contribution is 2.26. The second kappa shape index (κ2) is 6.03. The van der Waals surface area contributed by atoms with Gasteiger partial charge < -0.3 is 5.11 Å². The molecule has 2 N–H and O–H groups in total. The van der Waals surface area contributed by atoms with Gasteiger partial charge in [-0.15, -0.1) is 0 Å². The Morgan fingerprint density at radius 2 is 1.95 bits per heavy atom. The summed E-state index contributed by atoms with van der Waals surface area (Å²) in [6, 6.07) is 6.59. The van der Waals surface area contributed by atoms with Crippen molar-refractivity contribution in [3.8, 4) is 0 Å². The fraction of sp³-hybridized carbons (Fsp3) is 0.571. The van der Waals surface area contributed by atoms with Gasteiger partial charge in [0.05, 0.1) is 11.5 Å². The van der Waals surface area contributed by atoms with Gasteiger partial charge in [0.25, 0.3) is 0 Å². The van der Waals surface area contributed by atoms with E-state index >= 15 is 0 Å². The number of hydrogen-bond acceptors (Lipinski definition) is 3. The number of nitrogens with one attached hydrogen (secondary N) is 1. The third kappa shape index (κ3) is 3.35. The van der Waals surface area contributed by atoms with Gasteiger partial charge >= 0.3 is 0 Å². The van der Waals surface area contributed by atoms with Gasteiger partial charge in [-0.1, -0.05) is 38.0 Å². The Balaban J connectivity index is 2.22. The van der Waals surface area contributed by atoms with Crippen molar-refractivity contribution in [3.63, 3.8) is 0 Å². The molecule has 0 saturated heterocycles. The van der Waals surface area contributed by atoms with Crippen molar-refractivity contribution in [1.29, 1.82) is 0 Å². The van der Waals surface area contributed by atoms with Crippen molar-refractivity contribution >= 4 is 10.0 Å². The highest BCUT2D eigenvalue weighted by atomic mass is 32.2. The van der Waals surface area contributed by atoms with Crippen LogP contribution >= 0.6 is 0 Å². The molecule has 106 valence electrons. The van der Waals surface area contributed by atoms with Crippen LogP contribution in [0.25, 0.3) is 0 Å². The van der Waals surface area contributed by atoms with Gasteiger partial charge in [0.1, 0.15) is 0 Å². The molecule has 0 bridgehead atoms. The van der Waals surface area contributed by atoms with E-state index in [-0.39, 0.29) is 17.5 Å². The third-order valence-electron chi connectivity index (χ3n) is 3.85. The normalized spacial score (nSPS) is 24.3. The molecule has 1 aromatic carbocycles. The molecule has 0 aromatic heterocycles. The topological polar surface area (TPSA) is 66.4 Å². The van der Waals surface area contributed by atoms with Crippen LogP contribution in [0, 0.1) is 5.92 Å². The number of sulfonamides is 1. The molecule has 2 rings (SSSR count). The molecule has 1 fully saturated rings. The molecular formula is C14H21NO3S. The Morgan fingerprint density at radius 3 is 2.63 bits per heavy atom. The molecule has 0 amide bonds. The molecule has 0 spiro atoms. The molecule has 5 heteroatoms. The van der Waals surface area contributed by atoms with Gasteiger partial charge in [0.15, 0.2) is 0 Å². The standard InChI is InChI=1S/C14H21NO3S/c1-11-6-2-4-8-13(11)15-19(17,18)14-9-5-3-7-12(14)10-16/h3,5,7,9,11,13,15-16H,2,4,6,8,10H2,1H3. The third-order valence-corrected chi connectivity index (χ3v) is 5.44. The monoisotopic (exact) mass is 283 g/mol.